The molecule has 0 aromatic carbocycles. The first-order valence-corrected chi connectivity index (χ1v) is 8.25. The maximum atomic E-state index is 12.0. The summed E-state index contributed by atoms with van der Waals surface area (Å²) in [6.45, 7) is 9.33. The Labute approximate surface area is 136 Å². The predicted octanol–water partition coefficient (Wildman–Crippen LogP) is 2.14. The van der Waals surface area contributed by atoms with Gasteiger partial charge in [0.25, 0.3) is 0 Å². The average Bonchev–Trinajstić information content (AvgIpc) is 2.98. The van der Waals surface area contributed by atoms with E-state index in [1.54, 1.807) is 13.8 Å². The highest BCUT2D eigenvalue weighted by Crippen LogP contribution is 2.52. The summed E-state index contributed by atoms with van der Waals surface area (Å²) in [6.07, 6.45) is 2.41. The van der Waals surface area contributed by atoms with Gasteiger partial charge in [-0.15, -0.1) is 0 Å². The highest BCUT2D eigenvalue weighted by molar-refractivity contribution is 5.91. The zero-order valence-corrected chi connectivity index (χ0v) is 13.9. The second kappa shape index (κ2) is 5.48. The van der Waals surface area contributed by atoms with Crippen LogP contribution in [0.15, 0.2) is 23.8 Å². The zero-order valence-electron chi connectivity index (χ0n) is 13.9. The van der Waals surface area contributed by atoms with Gasteiger partial charge in [-0.25, -0.2) is 4.79 Å². The molecule has 2 fully saturated rings. The molecule has 0 aromatic heterocycles. The number of fused-ring (bicyclic) bond motifs is 3. The minimum Gasteiger partial charge on any atom is -0.459 e. The first kappa shape index (κ1) is 16.2. The molecule has 1 saturated carbocycles. The Bertz CT molecular complexity index is 588. The second-order valence-electron chi connectivity index (χ2n) is 7.11. The number of aliphatic hydroxyl groups is 1. The molecule has 6 atom stereocenters. The van der Waals surface area contributed by atoms with Gasteiger partial charge in [-0.3, -0.25) is 4.79 Å². The Kier molecular flexibility index (Phi) is 3.87. The fourth-order valence-electron chi connectivity index (χ4n) is 4.35. The fraction of sp³-hybridized carbons (Fsp3) is 0.667. The van der Waals surface area contributed by atoms with E-state index in [-0.39, 0.29) is 42.2 Å². The van der Waals surface area contributed by atoms with E-state index >= 15 is 0 Å². The lowest BCUT2D eigenvalue weighted by Crippen LogP contribution is -2.49. The van der Waals surface area contributed by atoms with Crippen molar-refractivity contribution in [1.82, 2.24) is 0 Å². The fourth-order valence-corrected chi connectivity index (χ4v) is 4.35. The third-order valence-corrected chi connectivity index (χ3v) is 5.79. The SMILES string of the molecule is C=C1C(=O)OC2C1CC(OC(=O)CC)C(C)(O)C1CC=C(C)C21. The van der Waals surface area contributed by atoms with E-state index in [0.717, 1.165) is 5.57 Å². The molecule has 2 aliphatic carbocycles. The number of ether oxygens (including phenoxy) is 2. The molecule has 5 nitrogen and oxygen atoms in total. The molecule has 0 spiro atoms. The normalized spacial score (nSPS) is 42.4. The van der Waals surface area contributed by atoms with Gasteiger partial charge in [0.15, 0.2) is 0 Å². The summed E-state index contributed by atoms with van der Waals surface area (Å²) in [4.78, 5) is 23.8. The molecular weight excluding hydrogens is 296 g/mol. The van der Waals surface area contributed by atoms with Gasteiger partial charge in [0.2, 0.25) is 0 Å². The smallest absolute Gasteiger partial charge is 0.334 e. The van der Waals surface area contributed by atoms with Gasteiger partial charge >= 0.3 is 11.9 Å². The first-order chi connectivity index (χ1) is 10.8. The third kappa shape index (κ3) is 2.42. The topological polar surface area (TPSA) is 72.8 Å². The standard InChI is InChI=1S/C18H24O5/c1-5-14(19)22-13-8-11-10(3)17(20)23-16(11)15-9(2)6-7-12(15)18(13,4)21/h6,11-13,15-16,21H,3,5,7-8H2,1-2,4H3. The molecule has 0 amide bonds. The van der Waals surface area contributed by atoms with Crippen LogP contribution in [0.5, 0.6) is 0 Å². The monoisotopic (exact) mass is 320 g/mol. The molecular formula is C18H24O5. The minimum absolute atomic E-state index is 0.0523. The van der Waals surface area contributed by atoms with E-state index in [2.05, 4.69) is 12.7 Å². The molecule has 1 aliphatic heterocycles. The second-order valence-corrected chi connectivity index (χ2v) is 7.11. The van der Waals surface area contributed by atoms with Crippen LogP contribution in [0.2, 0.25) is 0 Å². The van der Waals surface area contributed by atoms with Crippen molar-refractivity contribution in [2.75, 3.05) is 0 Å². The Morgan fingerprint density at radius 3 is 2.91 bits per heavy atom. The molecule has 0 radical (unpaired) electrons. The number of hydrogen-bond donors (Lipinski definition) is 1. The highest BCUT2D eigenvalue weighted by Gasteiger charge is 2.58. The molecule has 0 bridgehead atoms. The van der Waals surface area contributed by atoms with E-state index in [1.165, 1.54) is 0 Å². The Morgan fingerprint density at radius 1 is 1.57 bits per heavy atom. The summed E-state index contributed by atoms with van der Waals surface area (Å²) in [6, 6.07) is 0. The van der Waals surface area contributed by atoms with Crippen LogP contribution in [-0.2, 0) is 19.1 Å². The molecule has 1 N–H and O–H groups in total. The lowest BCUT2D eigenvalue weighted by atomic mass is 9.76. The average molecular weight is 320 g/mol. The third-order valence-electron chi connectivity index (χ3n) is 5.79. The number of rotatable bonds is 2. The van der Waals surface area contributed by atoms with Crippen LogP contribution in [0.1, 0.15) is 40.0 Å². The quantitative estimate of drug-likeness (QED) is 0.479. The van der Waals surface area contributed by atoms with Crippen molar-refractivity contribution in [2.45, 2.75) is 57.8 Å². The Morgan fingerprint density at radius 2 is 2.26 bits per heavy atom. The molecule has 3 aliphatic rings. The number of hydrogen-bond acceptors (Lipinski definition) is 5. The van der Waals surface area contributed by atoms with Gasteiger partial charge in [-0.2, -0.15) is 0 Å². The van der Waals surface area contributed by atoms with Gasteiger partial charge in [-0.05, 0) is 26.7 Å². The van der Waals surface area contributed by atoms with Crippen LogP contribution in [0.25, 0.3) is 0 Å². The maximum absolute atomic E-state index is 12.0. The van der Waals surface area contributed by atoms with Gasteiger partial charge in [0, 0.05) is 29.7 Å². The van der Waals surface area contributed by atoms with Crippen LogP contribution in [0.4, 0.5) is 0 Å². The van der Waals surface area contributed by atoms with Crippen molar-refractivity contribution >= 4 is 11.9 Å². The zero-order chi connectivity index (χ0) is 16.9. The van der Waals surface area contributed by atoms with Crippen molar-refractivity contribution in [3.8, 4) is 0 Å². The van der Waals surface area contributed by atoms with Crippen molar-refractivity contribution in [2.24, 2.45) is 17.8 Å². The van der Waals surface area contributed by atoms with Gasteiger partial charge in [-0.1, -0.05) is 25.2 Å². The van der Waals surface area contributed by atoms with Crippen LogP contribution in [0, 0.1) is 17.8 Å². The Balaban J connectivity index is 2.00. The number of carbonyl (C=O) groups is 2. The maximum Gasteiger partial charge on any atom is 0.334 e. The predicted molar refractivity (Wildman–Crippen MR) is 83.3 cm³/mol. The van der Waals surface area contributed by atoms with E-state index in [4.69, 9.17) is 9.47 Å². The highest BCUT2D eigenvalue weighted by atomic mass is 16.6. The summed E-state index contributed by atoms with van der Waals surface area (Å²) < 4.78 is 11.1. The van der Waals surface area contributed by atoms with Gasteiger partial charge < -0.3 is 14.6 Å². The molecule has 0 aromatic rings. The summed E-state index contributed by atoms with van der Waals surface area (Å²) in [7, 11) is 0. The van der Waals surface area contributed by atoms with E-state index in [9.17, 15) is 14.7 Å². The number of allylic oxidation sites excluding steroid dienone is 1. The molecule has 1 heterocycles. The van der Waals surface area contributed by atoms with Crippen LogP contribution in [-0.4, -0.2) is 34.9 Å². The largest absolute Gasteiger partial charge is 0.459 e. The molecule has 6 unspecified atom stereocenters. The lowest BCUT2D eigenvalue weighted by molar-refractivity contribution is -0.171. The number of carbonyl (C=O) groups excluding carboxylic acids is 2. The number of esters is 2. The van der Waals surface area contributed by atoms with E-state index in [1.807, 2.05) is 6.92 Å². The summed E-state index contributed by atoms with van der Waals surface area (Å²) in [5, 5.41) is 11.2. The molecule has 5 heteroatoms. The van der Waals surface area contributed by atoms with Crippen molar-refractivity contribution in [3.05, 3.63) is 23.8 Å². The van der Waals surface area contributed by atoms with Crippen molar-refractivity contribution in [3.63, 3.8) is 0 Å². The Hall–Kier alpha value is -1.62. The molecule has 3 rings (SSSR count). The molecule has 1 saturated heterocycles. The van der Waals surface area contributed by atoms with Crippen molar-refractivity contribution < 1.29 is 24.2 Å². The molecule has 126 valence electrons. The van der Waals surface area contributed by atoms with Crippen LogP contribution < -0.4 is 0 Å². The van der Waals surface area contributed by atoms with E-state index < -0.39 is 11.7 Å². The lowest BCUT2D eigenvalue weighted by Gasteiger charge is -2.38. The summed E-state index contributed by atoms with van der Waals surface area (Å²) in [5.74, 6) is -1.13. The first-order valence-electron chi connectivity index (χ1n) is 8.25. The summed E-state index contributed by atoms with van der Waals surface area (Å²) >= 11 is 0. The van der Waals surface area contributed by atoms with Crippen molar-refractivity contribution in [1.29, 1.82) is 0 Å². The van der Waals surface area contributed by atoms with Crippen LogP contribution >= 0.6 is 0 Å². The van der Waals surface area contributed by atoms with E-state index in [0.29, 0.717) is 18.4 Å². The van der Waals surface area contributed by atoms with Gasteiger partial charge in [0.05, 0.1) is 0 Å². The van der Waals surface area contributed by atoms with Crippen LogP contribution in [0.3, 0.4) is 0 Å². The molecule has 23 heavy (non-hydrogen) atoms. The van der Waals surface area contributed by atoms with Gasteiger partial charge in [0.1, 0.15) is 17.8 Å². The minimum atomic E-state index is -1.17. The summed E-state index contributed by atoms with van der Waals surface area (Å²) in [5.41, 5.74) is 0.375.